The first-order valence-corrected chi connectivity index (χ1v) is 11.9. The SMILES string of the molecule is Cc1ccc(C2=C(N3CCN(Cc4ccccc4)CC3)C(=O)N(CC3CCCO3)C2=O)cc1. The third-order valence-electron chi connectivity index (χ3n) is 6.83. The van der Waals surface area contributed by atoms with E-state index in [1.54, 1.807) is 0 Å². The summed E-state index contributed by atoms with van der Waals surface area (Å²) < 4.78 is 5.73. The molecule has 3 aliphatic rings. The van der Waals surface area contributed by atoms with Gasteiger partial charge in [0.05, 0.1) is 18.2 Å². The van der Waals surface area contributed by atoms with Gasteiger partial charge in [0, 0.05) is 39.3 Å². The number of imide groups is 1. The van der Waals surface area contributed by atoms with Crippen LogP contribution in [0.2, 0.25) is 0 Å². The number of aryl methyl sites for hydroxylation is 1. The van der Waals surface area contributed by atoms with Gasteiger partial charge in [0.1, 0.15) is 5.70 Å². The second kappa shape index (κ2) is 9.49. The number of hydrogen-bond donors (Lipinski definition) is 0. The molecule has 2 saturated heterocycles. The van der Waals surface area contributed by atoms with E-state index in [4.69, 9.17) is 4.74 Å². The van der Waals surface area contributed by atoms with E-state index < -0.39 is 0 Å². The molecule has 1 atom stereocenters. The van der Waals surface area contributed by atoms with Gasteiger partial charge in [0.2, 0.25) is 0 Å². The zero-order valence-electron chi connectivity index (χ0n) is 19.2. The van der Waals surface area contributed by atoms with Crippen LogP contribution in [0.4, 0.5) is 0 Å². The van der Waals surface area contributed by atoms with Crippen molar-refractivity contribution in [3.63, 3.8) is 0 Å². The first kappa shape index (κ1) is 21.9. The highest BCUT2D eigenvalue weighted by atomic mass is 16.5. The topological polar surface area (TPSA) is 53.1 Å². The summed E-state index contributed by atoms with van der Waals surface area (Å²) in [5, 5.41) is 0. The van der Waals surface area contributed by atoms with Crippen LogP contribution in [0.5, 0.6) is 0 Å². The van der Waals surface area contributed by atoms with Crippen molar-refractivity contribution in [1.29, 1.82) is 0 Å². The van der Waals surface area contributed by atoms with Gasteiger partial charge in [-0.1, -0.05) is 60.2 Å². The summed E-state index contributed by atoms with van der Waals surface area (Å²) in [6.07, 6.45) is 1.82. The Labute approximate surface area is 195 Å². The van der Waals surface area contributed by atoms with Crippen molar-refractivity contribution in [2.45, 2.75) is 32.4 Å². The second-order valence-corrected chi connectivity index (χ2v) is 9.19. The molecular weight excluding hydrogens is 414 g/mol. The van der Waals surface area contributed by atoms with Gasteiger partial charge in [0.25, 0.3) is 11.8 Å². The summed E-state index contributed by atoms with van der Waals surface area (Å²) in [7, 11) is 0. The fourth-order valence-corrected chi connectivity index (χ4v) is 4.97. The molecule has 3 heterocycles. The van der Waals surface area contributed by atoms with E-state index in [0.717, 1.165) is 56.7 Å². The zero-order valence-corrected chi connectivity index (χ0v) is 19.2. The molecule has 2 fully saturated rings. The molecule has 0 N–H and O–H groups in total. The summed E-state index contributed by atoms with van der Waals surface area (Å²) in [4.78, 5) is 33.0. The molecule has 2 aromatic rings. The second-order valence-electron chi connectivity index (χ2n) is 9.19. The van der Waals surface area contributed by atoms with E-state index in [2.05, 4.69) is 34.1 Å². The molecule has 0 aliphatic carbocycles. The standard InChI is InChI=1S/C27H31N3O3/c1-20-9-11-22(12-10-20)24-25(27(32)30(26(24)31)19-23-8-5-17-33-23)29-15-13-28(14-16-29)18-21-6-3-2-4-7-21/h2-4,6-7,9-12,23H,5,8,13-19H2,1H3. The number of nitrogens with zero attached hydrogens (tertiary/aromatic N) is 3. The molecule has 1 unspecified atom stereocenters. The summed E-state index contributed by atoms with van der Waals surface area (Å²) >= 11 is 0. The minimum Gasteiger partial charge on any atom is -0.376 e. The maximum Gasteiger partial charge on any atom is 0.277 e. The molecule has 0 radical (unpaired) electrons. The normalized spacial score (nSPS) is 22.0. The highest BCUT2D eigenvalue weighted by Gasteiger charge is 2.43. The number of benzene rings is 2. The average Bonchev–Trinajstić information content (AvgIpc) is 3.43. The summed E-state index contributed by atoms with van der Waals surface area (Å²) in [5.74, 6) is -0.372. The minimum absolute atomic E-state index is 0.0563. The molecule has 0 saturated carbocycles. The van der Waals surface area contributed by atoms with Crippen LogP contribution in [0, 0.1) is 6.92 Å². The van der Waals surface area contributed by atoms with E-state index in [0.29, 0.717) is 24.4 Å². The van der Waals surface area contributed by atoms with E-state index >= 15 is 0 Å². The fourth-order valence-electron chi connectivity index (χ4n) is 4.97. The molecule has 33 heavy (non-hydrogen) atoms. The summed E-state index contributed by atoms with van der Waals surface area (Å²) in [6, 6.07) is 18.4. The monoisotopic (exact) mass is 445 g/mol. The highest BCUT2D eigenvalue weighted by molar-refractivity contribution is 6.35. The lowest BCUT2D eigenvalue weighted by molar-refractivity contribution is -0.139. The van der Waals surface area contributed by atoms with Crippen molar-refractivity contribution in [2.75, 3.05) is 39.3 Å². The number of carbonyl (C=O) groups is 2. The maximum absolute atomic E-state index is 13.6. The van der Waals surface area contributed by atoms with Crippen molar-refractivity contribution in [3.05, 3.63) is 77.0 Å². The van der Waals surface area contributed by atoms with Crippen LogP contribution >= 0.6 is 0 Å². The van der Waals surface area contributed by atoms with Gasteiger partial charge in [0.15, 0.2) is 0 Å². The number of rotatable bonds is 6. The van der Waals surface area contributed by atoms with Gasteiger partial charge < -0.3 is 9.64 Å². The largest absolute Gasteiger partial charge is 0.376 e. The van der Waals surface area contributed by atoms with Crippen LogP contribution < -0.4 is 0 Å². The third-order valence-corrected chi connectivity index (χ3v) is 6.83. The third kappa shape index (κ3) is 4.59. The predicted octanol–water partition coefficient (Wildman–Crippen LogP) is 3.07. The molecule has 0 spiro atoms. The zero-order chi connectivity index (χ0) is 22.8. The molecule has 0 aromatic heterocycles. The Morgan fingerprint density at radius 3 is 2.30 bits per heavy atom. The predicted molar refractivity (Wildman–Crippen MR) is 127 cm³/mol. The summed E-state index contributed by atoms with van der Waals surface area (Å²) in [6.45, 7) is 7.13. The Balaban J connectivity index is 1.37. The van der Waals surface area contributed by atoms with Crippen LogP contribution in [0.25, 0.3) is 5.57 Å². The molecule has 5 rings (SSSR count). The van der Waals surface area contributed by atoms with Crippen molar-refractivity contribution in [1.82, 2.24) is 14.7 Å². The molecule has 3 aliphatic heterocycles. The van der Waals surface area contributed by atoms with Crippen LogP contribution in [0.3, 0.4) is 0 Å². The van der Waals surface area contributed by atoms with Crippen LogP contribution in [-0.2, 0) is 20.9 Å². The van der Waals surface area contributed by atoms with E-state index in [1.165, 1.54) is 10.5 Å². The Morgan fingerprint density at radius 2 is 1.64 bits per heavy atom. The van der Waals surface area contributed by atoms with Gasteiger partial charge >= 0.3 is 0 Å². The first-order valence-electron chi connectivity index (χ1n) is 11.9. The molecule has 172 valence electrons. The number of carbonyl (C=O) groups excluding carboxylic acids is 2. The van der Waals surface area contributed by atoms with Crippen molar-refractivity contribution in [2.24, 2.45) is 0 Å². The quantitative estimate of drug-likeness (QED) is 0.640. The molecule has 6 nitrogen and oxygen atoms in total. The number of ether oxygens (including phenoxy) is 1. The molecule has 2 amide bonds. The lowest BCUT2D eigenvalue weighted by Gasteiger charge is -2.36. The van der Waals surface area contributed by atoms with Gasteiger partial charge in [-0.05, 0) is 30.9 Å². The van der Waals surface area contributed by atoms with Gasteiger partial charge in [-0.3, -0.25) is 19.4 Å². The van der Waals surface area contributed by atoms with Crippen LogP contribution in [0.1, 0.15) is 29.5 Å². The number of amides is 2. The molecule has 6 heteroatoms. The van der Waals surface area contributed by atoms with Crippen LogP contribution in [0.15, 0.2) is 60.3 Å². The van der Waals surface area contributed by atoms with Gasteiger partial charge in [-0.2, -0.15) is 0 Å². The van der Waals surface area contributed by atoms with E-state index in [-0.39, 0.29) is 17.9 Å². The van der Waals surface area contributed by atoms with E-state index in [9.17, 15) is 9.59 Å². The molecular formula is C27H31N3O3. The molecule has 2 aromatic carbocycles. The lowest BCUT2D eigenvalue weighted by atomic mass is 10.0. The van der Waals surface area contributed by atoms with E-state index in [1.807, 2.05) is 37.3 Å². The minimum atomic E-state index is -0.193. The Hall–Kier alpha value is -2.96. The maximum atomic E-state index is 13.6. The Bertz CT molecular complexity index is 1030. The van der Waals surface area contributed by atoms with Crippen LogP contribution in [-0.4, -0.2) is 71.9 Å². The number of piperazine rings is 1. The first-order chi connectivity index (χ1) is 16.1. The Kier molecular flexibility index (Phi) is 6.29. The van der Waals surface area contributed by atoms with Crippen molar-refractivity contribution < 1.29 is 14.3 Å². The Morgan fingerprint density at radius 1 is 0.909 bits per heavy atom. The smallest absolute Gasteiger partial charge is 0.277 e. The lowest BCUT2D eigenvalue weighted by Crippen LogP contribution is -2.47. The molecule has 0 bridgehead atoms. The van der Waals surface area contributed by atoms with Gasteiger partial charge in [-0.15, -0.1) is 0 Å². The van der Waals surface area contributed by atoms with Gasteiger partial charge in [-0.25, -0.2) is 0 Å². The average molecular weight is 446 g/mol. The fraction of sp³-hybridized carbons (Fsp3) is 0.407. The van der Waals surface area contributed by atoms with Crippen molar-refractivity contribution >= 4 is 17.4 Å². The van der Waals surface area contributed by atoms with Crippen molar-refractivity contribution in [3.8, 4) is 0 Å². The number of hydrogen-bond acceptors (Lipinski definition) is 5. The highest BCUT2D eigenvalue weighted by Crippen LogP contribution is 2.33. The summed E-state index contributed by atoms with van der Waals surface area (Å²) in [5.41, 5.74) is 4.33.